The van der Waals surface area contributed by atoms with Crippen molar-refractivity contribution in [3.63, 3.8) is 0 Å². The van der Waals surface area contributed by atoms with Crippen LogP contribution in [0.4, 0.5) is 5.69 Å². The predicted octanol–water partition coefficient (Wildman–Crippen LogP) is 5.03. The minimum Gasteiger partial charge on any atom is -0.493 e. The lowest BCUT2D eigenvalue weighted by Crippen LogP contribution is -2.46. The number of halogens is 1. The van der Waals surface area contributed by atoms with Crippen molar-refractivity contribution in [2.45, 2.75) is 24.2 Å². The highest BCUT2D eigenvalue weighted by molar-refractivity contribution is 7.92. The molecule has 0 bridgehead atoms. The van der Waals surface area contributed by atoms with Crippen LogP contribution in [0.5, 0.6) is 11.5 Å². The topological polar surface area (TPSA) is 76.2 Å². The van der Waals surface area contributed by atoms with Crippen LogP contribution in [-0.4, -0.2) is 53.1 Å². The number of hydrogen-bond acceptors (Lipinski definition) is 5. The maximum atomic E-state index is 13.8. The highest BCUT2D eigenvalue weighted by Gasteiger charge is 2.31. The van der Waals surface area contributed by atoms with Gasteiger partial charge in [0.05, 0.1) is 24.8 Å². The Morgan fingerprint density at radius 2 is 1.59 bits per heavy atom. The van der Waals surface area contributed by atoms with Gasteiger partial charge < -0.3 is 14.4 Å². The number of nitrogens with zero attached hydrogens (tertiary/aromatic N) is 2. The quantitative estimate of drug-likeness (QED) is 0.379. The summed E-state index contributed by atoms with van der Waals surface area (Å²) in [5.74, 6) is 0.951. The van der Waals surface area contributed by atoms with E-state index in [2.05, 4.69) is 12.1 Å². The molecule has 0 aliphatic carbocycles. The lowest BCUT2D eigenvalue weighted by molar-refractivity contribution is -0.130. The first-order valence-electron chi connectivity index (χ1n) is 12.1. The van der Waals surface area contributed by atoms with Gasteiger partial charge >= 0.3 is 0 Å². The monoisotopic (exact) mass is 542 g/mol. The van der Waals surface area contributed by atoms with Gasteiger partial charge in [0.1, 0.15) is 6.54 Å². The van der Waals surface area contributed by atoms with E-state index < -0.39 is 10.0 Å². The average molecular weight is 543 g/mol. The predicted molar refractivity (Wildman–Crippen MR) is 145 cm³/mol. The summed E-state index contributed by atoms with van der Waals surface area (Å²) in [6.45, 7) is 0.879. The van der Waals surface area contributed by atoms with E-state index in [-0.39, 0.29) is 23.1 Å². The number of sulfonamides is 1. The standard InChI is InChI=1S/C28H31ClN2O5S/c1-35-26-13-12-25(19-27(26)36-2)37(33,34)31(24-10-8-23(29)9-11-24)20-28(32)30-16-14-22(15-17-30)18-21-6-4-3-5-7-21/h3-13,19,22H,14-18,20H2,1-2H3. The molecule has 0 aromatic heterocycles. The molecule has 37 heavy (non-hydrogen) atoms. The van der Waals surface area contributed by atoms with Gasteiger partial charge in [-0.25, -0.2) is 8.42 Å². The van der Waals surface area contributed by atoms with Crippen molar-refractivity contribution in [1.82, 2.24) is 4.90 Å². The molecule has 1 heterocycles. The van der Waals surface area contributed by atoms with Crippen LogP contribution in [0.1, 0.15) is 18.4 Å². The maximum absolute atomic E-state index is 13.8. The summed E-state index contributed by atoms with van der Waals surface area (Å²) >= 11 is 6.05. The van der Waals surface area contributed by atoms with Crippen molar-refractivity contribution in [2.75, 3.05) is 38.2 Å². The molecule has 1 aliphatic rings. The van der Waals surface area contributed by atoms with Gasteiger partial charge in [-0.3, -0.25) is 9.10 Å². The van der Waals surface area contributed by atoms with E-state index in [1.54, 1.807) is 29.2 Å². The summed E-state index contributed by atoms with van der Waals surface area (Å²) in [4.78, 5) is 15.1. The van der Waals surface area contributed by atoms with Crippen LogP contribution >= 0.6 is 11.6 Å². The number of rotatable bonds is 9. The number of piperidine rings is 1. The number of ether oxygens (including phenoxy) is 2. The molecule has 0 atom stereocenters. The largest absolute Gasteiger partial charge is 0.493 e. The van der Waals surface area contributed by atoms with Crippen molar-refractivity contribution in [1.29, 1.82) is 0 Å². The smallest absolute Gasteiger partial charge is 0.264 e. The summed E-state index contributed by atoms with van der Waals surface area (Å²) in [6.07, 6.45) is 2.74. The van der Waals surface area contributed by atoms with Gasteiger partial charge in [0.25, 0.3) is 10.0 Å². The number of methoxy groups -OCH3 is 2. The SMILES string of the molecule is COc1ccc(S(=O)(=O)N(CC(=O)N2CCC(Cc3ccccc3)CC2)c2ccc(Cl)cc2)cc1OC. The van der Waals surface area contributed by atoms with Crippen LogP contribution in [0, 0.1) is 5.92 Å². The molecule has 9 heteroatoms. The molecule has 1 fully saturated rings. The van der Waals surface area contributed by atoms with Gasteiger partial charge in [-0.15, -0.1) is 0 Å². The van der Waals surface area contributed by atoms with Gasteiger partial charge in [-0.2, -0.15) is 0 Å². The Hall–Kier alpha value is -3.23. The summed E-state index contributed by atoms with van der Waals surface area (Å²) in [5, 5.41) is 0.471. The number of benzene rings is 3. The molecule has 1 aliphatic heterocycles. The third kappa shape index (κ3) is 6.37. The molecule has 3 aromatic rings. The third-order valence-electron chi connectivity index (χ3n) is 6.67. The minimum atomic E-state index is -4.10. The zero-order chi connectivity index (χ0) is 26.4. The Morgan fingerprint density at radius 1 is 0.946 bits per heavy atom. The Bertz CT molecular complexity index is 1310. The van der Waals surface area contributed by atoms with E-state index in [1.165, 1.54) is 38.0 Å². The Labute approximate surface area is 223 Å². The van der Waals surface area contributed by atoms with Crippen LogP contribution in [-0.2, 0) is 21.2 Å². The molecular weight excluding hydrogens is 512 g/mol. The molecule has 1 saturated heterocycles. The van der Waals surface area contributed by atoms with E-state index in [9.17, 15) is 13.2 Å². The normalized spacial score (nSPS) is 14.3. The number of carbonyl (C=O) groups is 1. The molecule has 0 spiro atoms. The van der Waals surface area contributed by atoms with Gasteiger partial charge in [0.15, 0.2) is 11.5 Å². The average Bonchev–Trinajstić information content (AvgIpc) is 2.92. The van der Waals surface area contributed by atoms with E-state index in [4.69, 9.17) is 21.1 Å². The van der Waals surface area contributed by atoms with Crippen molar-refractivity contribution in [3.8, 4) is 11.5 Å². The number of amides is 1. The maximum Gasteiger partial charge on any atom is 0.264 e. The molecule has 1 amide bonds. The molecule has 0 radical (unpaired) electrons. The van der Waals surface area contributed by atoms with Gasteiger partial charge in [-0.1, -0.05) is 41.9 Å². The van der Waals surface area contributed by atoms with Crippen molar-refractivity contribution < 1.29 is 22.7 Å². The lowest BCUT2D eigenvalue weighted by atomic mass is 9.90. The second-order valence-corrected chi connectivity index (χ2v) is 11.3. The molecule has 7 nitrogen and oxygen atoms in total. The Morgan fingerprint density at radius 3 is 2.22 bits per heavy atom. The molecular formula is C28H31ClN2O5S. The summed E-state index contributed by atoms with van der Waals surface area (Å²) < 4.78 is 39.2. The number of hydrogen-bond donors (Lipinski definition) is 0. The fourth-order valence-corrected chi connectivity index (χ4v) is 6.14. The fraction of sp³-hybridized carbons (Fsp3) is 0.321. The van der Waals surface area contributed by atoms with Gasteiger partial charge in [0, 0.05) is 24.2 Å². The first-order valence-corrected chi connectivity index (χ1v) is 14.0. The van der Waals surface area contributed by atoms with E-state index in [0.29, 0.717) is 35.5 Å². The van der Waals surface area contributed by atoms with Crippen molar-refractivity contribution in [3.05, 3.63) is 83.4 Å². The third-order valence-corrected chi connectivity index (χ3v) is 8.69. The molecule has 3 aromatic carbocycles. The van der Waals surface area contributed by atoms with Crippen molar-refractivity contribution in [2.24, 2.45) is 5.92 Å². The first kappa shape index (κ1) is 26.8. The van der Waals surface area contributed by atoms with Crippen LogP contribution in [0.3, 0.4) is 0 Å². The van der Waals surface area contributed by atoms with Crippen LogP contribution < -0.4 is 13.8 Å². The number of carbonyl (C=O) groups excluding carboxylic acids is 1. The molecule has 0 saturated carbocycles. The second-order valence-electron chi connectivity index (χ2n) is 9.02. The number of anilines is 1. The Balaban J connectivity index is 1.53. The molecule has 196 valence electrons. The van der Waals surface area contributed by atoms with Crippen molar-refractivity contribution >= 4 is 33.2 Å². The summed E-state index contributed by atoms with van der Waals surface area (Å²) in [5.41, 5.74) is 1.65. The van der Waals surface area contributed by atoms with E-state index >= 15 is 0 Å². The second kappa shape index (κ2) is 11.9. The molecule has 0 N–H and O–H groups in total. The minimum absolute atomic E-state index is 0.00512. The van der Waals surface area contributed by atoms with Crippen LogP contribution in [0.25, 0.3) is 0 Å². The zero-order valence-electron chi connectivity index (χ0n) is 21.0. The summed E-state index contributed by atoms with van der Waals surface area (Å²) in [7, 11) is -1.18. The van der Waals surface area contributed by atoms with E-state index in [0.717, 1.165) is 23.6 Å². The highest BCUT2D eigenvalue weighted by atomic mass is 35.5. The summed E-state index contributed by atoms with van der Waals surface area (Å²) in [6, 6.07) is 21.1. The number of likely N-dealkylation sites (tertiary alicyclic amines) is 1. The van der Waals surface area contributed by atoms with Crippen LogP contribution in [0.15, 0.2) is 77.7 Å². The zero-order valence-corrected chi connectivity index (χ0v) is 22.5. The first-order chi connectivity index (χ1) is 17.8. The molecule has 4 rings (SSSR count). The van der Waals surface area contributed by atoms with E-state index in [1.807, 2.05) is 18.2 Å². The van der Waals surface area contributed by atoms with Gasteiger partial charge in [0.2, 0.25) is 5.91 Å². The van der Waals surface area contributed by atoms with Gasteiger partial charge in [-0.05, 0) is 67.1 Å². The Kier molecular flexibility index (Phi) is 8.61. The lowest BCUT2D eigenvalue weighted by Gasteiger charge is -2.34. The fourth-order valence-electron chi connectivity index (χ4n) is 4.58. The van der Waals surface area contributed by atoms with Crippen LogP contribution in [0.2, 0.25) is 5.02 Å². The molecule has 0 unspecified atom stereocenters. The highest BCUT2D eigenvalue weighted by Crippen LogP contribution is 2.33.